The lowest BCUT2D eigenvalue weighted by molar-refractivity contribution is 0.0653. The highest BCUT2D eigenvalue weighted by Crippen LogP contribution is 2.30. The van der Waals surface area contributed by atoms with E-state index >= 15 is 0 Å². The molecule has 0 aliphatic heterocycles. The quantitative estimate of drug-likeness (QED) is 0.734. The molecule has 0 aliphatic carbocycles. The Kier molecular flexibility index (Phi) is 4.75. The maximum atomic E-state index is 12.0. The van der Waals surface area contributed by atoms with Crippen LogP contribution in [0.15, 0.2) is 65.2 Å². The van der Waals surface area contributed by atoms with Gasteiger partial charge in [-0.15, -0.1) is 0 Å². The number of ether oxygens (including phenoxy) is 1. The molecule has 0 atom stereocenters. The summed E-state index contributed by atoms with van der Waals surface area (Å²) in [5, 5.41) is 15.4. The number of anilines is 1. The molecule has 0 radical (unpaired) electrons. The first-order valence-corrected chi connectivity index (χ1v) is 7.41. The molecule has 126 valence electrons. The SMILES string of the molecule is O=C(Nc1c(-c2ccccc2)noc1C(=O)O)OCc1ccccc1. The first kappa shape index (κ1) is 16.3. The number of benzene rings is 2. The molecule has 0 spiro atoms. The summed E-state index contributed by atoms with van der Waals surface area (Å²) in [7, 11) is 0. The van der Waals surface area contributed by atoms with E-state index in [1.54, 1.807) is 24.3 Å². The summed E-state index contributed by atoms with van der Waals surface area (Å²) in [6.45, 7) is 0.0566. The number of carbonyl (C=O) groups is 2. The lowest BCUT2D eigenvalue weighted by Gasteiger charge is -2.07. The van der Waals surface area contributed by atoms with E-state index in [2.05, 4.69) is 10.5 Å². The molecule has 3 rings (SSSR count). The smallest absolute Gasteiger partial charge is 0.412 e. The topological polar surface area (TPSA) is 102 Å². The van der Waals surface area contributed by atoms with E-state index in [-0.39, 0.29) is 18.0 Å². The predicted molar refractivity (Wildman–Crippen MR) is 89.1 cm³/mol. The third kappa shape index (κ3) is 3.84. The Labute approximate surface area is 142 Å². The zero-order valence-electron chi connectivity index (χ0n) is 13.0. The van der Waals surface area contributed by atoms with Gasteiger partial charge in [0, 0.05) is 5.56 Å². The monoisotopic (exact) mass is 338 g/mol. The van der Waals surface area contributed by atoms with Gasteiger partial charge in [-0.25, -0.2) is 9.59 Å². The highest BCUT2D eigenvalue weighted by molar-refractivity contribution is 6.00. The van der Waals surface area contributed by atoms with Crippen molar-refractivity contribution in [2.24, 2.45) is 0 Å². The second-order valence-electron chi connectivity index (χ2n) is 5.09. The van der Waals surface area contributed by atoms with Crippen LogP contribution in [0.5, 0.6) is 0 Å². The van der Waals surface area contributed by atoms with Crippen molar-refractivity contribution < 1.29 is 24.0 Å². The van der Waals surface area contributed by atoms with Crippen LogP contribution < -0.4 is 5.32 Å². The van der Waals surface area contributed by atoms with Gasteiger partial charge in [-0.2, -0.15) is 0 Å². The summed E-state index contributed by atoms with van der Waals surface area (Å²) in [6, 6.07) is 17.9. The normalized spacial score (nSPS) is 10.2. The molecule has 0 bridgehead atoms. The van der Waals surface area contributed by atoms with Gasteiger partial charge in [-0.05, 0) is 5.56 Å². The van der Waals surface area contributed by atoms with Crippen molar-refractivity contribution in [3.63, 3.8) is 0 Å². The highest BCUT2D eigenvalue weighted by Gasteiger charge is 2.24. The Bertz CT molecular complexity index is 875. The molecular formula is C18H14N2O5. The largest absolute Gasteiger partial charge is 0.475 e. The number of aromatic carboxylic acids is 1. The van der Waals surface area contributed by atoms with E-state index in [0.29, 0.717) is 5.56 Å². The third-order valence-electron chi connectivity index (χ3n) is 3.37. The van der Waals surface area contributed by atoms with Crippen LogP contribution in [0.25, 0.3) is 11.3 Å². The van der Waals surface area contributed by atoms with Crippen molar-refractivity contribution in [1.82, 2.24) is 5.16 Å². The van der Waals surface area contributed by atoms with Crippen LogP contribution >= 0.6 is 0 Å². The number of amides is 1. The van der Waals surface area contributed by atoms with E-state index < -0.39 is 17.8 Å². The van der Waals surface area contributed by atoms with Crippen molar-refractivity contribution in [3.05, 3.63) is 72.0 Å². The zero-order valence-corrected chi connectivity index (χ0v) is 13.0. The van der Waals surface area contributed by atoms with Gasteiger partial charge in [0.2, 0.25) is 0 Å². The van der Waals surface area contributed by atoms with Gasteiger partial charge in [-0.3, -0.25) is 5.32 Å². The molecule has 1 amide bonds. The molecule has 0 saturated heterocycles. The second kappa shape index (κ2) is 7.31. The Morgan fingerprint density at radius 2 is 1.68 bits per heavy atom. The molecular weight excluding hydrogens is 324 g/mol. The summed E-state index contributed by atoms with van der Waals surface area (Å²) in [4.78, 5) is 23.3. The Balaban J connectivity index is 1.79. The van der Waals surface area contributed by atoms with Crippen LogP contribution in [0.4, 0.5) is 10.5 Å². The standard InChI is InChI=1S/C18H14N2O5/c21-17(22)16-15(14(20-25-16)13-9-5-2-6-10-13)19-18(23)24-11-12-7-3-1-4-8-12/h1-10H,11H2,(H,19,23)(H,21,22). The fourth-order valence-corrected chi connectivity index (χ4v) is 2.21. The molecule has 7 heteroatoms. The van der Waals surface area contributed by atoms with E-state index in [1.807, 2.05) is 36.4 Å². The lowest BCUT2D eigenvalue weighted by atomic mass is 10.1. The van der Waals surface area contributed by atoms with Gasteiger partial charge in [0.1, 0.15) is 18.0 Å². The van der Waals surface area contributed by atoms with Gasteiger partial charge in [-0.1, -0.05) is 65.8 Å². The zero-order chi connectivity index (χ0) is 17.6. The number of nitrogens with one attached hydrogen (secondary N) is 1. The maximum Gasteiger partial charge on any atom is 0.412 e. The molecule has 1 aromatic heterocycles. The maximum absolute atomic E-state index is 12.0. The minimum absolute atomic E-state index is 0.0447. The molecule has 3 aromatic rings. The summed E-state index contributed by atoms with van der Waals surface area (Å²) < 4.78 is 9.97. The first-order valence-electron chi connectivity index (χ1n) is 7.41. The molecule has 0 saturated carbocycles. The molecule has 2 aromatic carbocycles. The fourth-order valence-electron chi connectivity index (χ4n) is 2.21. The van der Waals surface area contributed by atoms with Crippen LogP contribution in [-0.4, -0.2) is 22.3 Å². The minimum atomic E-state index is -1.34. The van der Waals surface area contributed by atoms with Crippen LogP contribution in [0.2, 0.25) is 0 Å². The van der Waals surface area contributed by atoms with Gasteiger partial charge in [0.25, 0.3) is 5.76 Å². The van der Waals surface area contributed by atoms with Gasteiger partial charge >= 0.3 is 12.1 Å². The average Bonchev–Trinajstić information content (AvgIpc) is 3.05. The third-order valence-corrected chi connectivity index (χ3v) is 3.37. The number of nitrogens with zero attached hydrogens (tertiary/aromatic N) is 1. The summed E-state index contributed by atoms with van der Waals surface area (Å²) in [5.74, 6) is -1.80. The number of hydrogen-bond donors (Lipinski definition) is 2. The van der Waals surface area contributed by atoms with Crippen LogP contribution in [0.3, 0.4) is 0 Å². The Morgan fingerprint density at radius 1 is 1.04 bits per heavy atom. The molecule has 0 fully saturated rings. The number of carboxylic acids is 1. The van der Waals surface area contributed by atoms with Crippen molar-refractivity contribution in [1.29, 1.82) is 0 Å². The summed E-state index contributed by atoms with van der Waals surface area (Å²) >= 11 is 0. The average molecular weight is 338 g/mol. The van der Waals surface area contributed by atoms with Crippen molar-refractivity contribution in [3.8, 4) is 11.3 Å². The second-order valence-corrected chi connectivity index (χ2v) is 5.09. The van der Waals surface area contributed by atoms with E-state index in [0.717, 1.165) is 5.56 Å². The summed E-state index contributed by atoms with van der Waals surface area (Å²) in [5.41, 5.74) is 1.59. The van der Waals surface area contributed by atoms with Crippen LogP contribution in [0, 0.1) is 0 Å². The van der Waals surface area contributed by atoms with Crippen LogP contribution in [-0.2, 0) is 11.3 Å². The summed E-state index contributed by atoms with van der Waals surface area (Å²) in [6.07, 6.45) is -0.799. The number of carbonyl (C=O) groups excluding carboxylic acids is 1. The van der Waals surface area contributed by atoms with E-state index in [4.69, 9.17) is 9.26 Å². The minimum Gasteiger partial charge on any atom is -0.475 e. The molecule has 7 nitrogen and oxygen atoms in total. The molecule has 25 heavy (non-hydrogen) atoms. The predicted octanol–water partition coefficient (Wildman–Crippen LogP) is 3.79. The van der Waals surface area contributed by atoms with Gasteiger partial charge in [0.05, 0.1) is 0 Å². The fraction of sp³-hybridized carbons (Fsp3) is 0.0556. The van der Waals surface area contributed by atoms with Gasteiger partial charge in [0.15, 0.2) is 0 Å². The molecule has 2 N–H and O–H groups in total. The van der Waals surface area contributed by atoms with Gasteiger partial charge < -0.3 is 14.4 Å². The van der Waals surface area contributed by atoms with Crippen molar-refractivity contribution >= 4 is 17.7 Å². The highest BCUT2D eigenvalue weighted by atomic mass is 16.5. The number of rotatable bonds is 5. The number of carboxylic acid groups (broad SMARTS) is 1. The lowest BCUT2D eigenvalue weighted by Crippen LogP contribution is -2.15. The van der Waals surface area contributed by atoms with E-state index in [9.17, 15) is 14.7 Å². The van der Waals surface area contributed by atoms with Crippen molar-refractivity contribution in [2.75, 3.05) is 5.32 Å². The first-order chi connectivity index (χ1) is 12.1. The molecule has 0 aliphatic rings. The van der Waals surface area contributed by atoms with Crippen molar-refractivity contribution in [2.45, 2.75) is 6.61 Å². The number of aromatic nitrogens is 1. The molecule has 1 heterocycles. The van der Waals surface area contributed by atoms with E-state index in [1.165, 1.54) is 0 Å². The molecule has 0 unspecified atom stereocenters. The Hall–Kier alpha value is -3.61. The Morgan fingerprint density at radius 3 is 2.32 bits per heavy atom. The van der Waals surface area contributed by atoms with Crippen LogP contribution in [0.1, 0.15) is 16.1 Å². The number of hydrogen-bond acceptors (Lipinski definition) is 5.